The molecular formula is C30H25F3N6O2. The van der Waals surface area contributed by atoms with Crippen LogP contribution < -0.4 is 15.0 Å². The first kappa shape index (κ1) is 26.5. The highest BCUT2D eigenvalue weighted by Gasteiger charge is 2.22. The molecule has 0 bridgehead atoms. The summed E-state index contributed by atoms with van der Waals surface area (Å²) in [5.41, 5.74) is 3.04. The lowest BCUT2D eigenvalue weighted by atomic mass is 10.0. The Morgan fingerprint density at radius 3 is 2.51 bits per heavy atom. The fourth-order valence-corrected chi connectivity index (χ4v) is 4.91. The molecule has 5 aromatic rings. The number of morpholine rings is 1. The zero-order valence-corrected chi connectivity index (χ0v) is 22.3. The number of hydrogen-bond donors (Lipinski definition) is 1. The molecular weight excluding hydrogens is 533 g/mol. The fraction of sp³-hybridized carbons (Fsp3) is 0.200. The lowest BCUT2D eigenvalue weighted by Crippen LogP contribution is -2.36. The van der Waals surface area contributed by atoms with Crippen LogP contribution in [0.4, 0.5) is 30.4 Å². The monoisotopic (exact) mass is 558 g/mol. The van der Waals surface area contributed by atoms with Gasteiger partial charge in [0.25, 0.3) is 0 Å². The van der Waals surface area contributed by atoms with Crippen LogP contribution in [0.15, 0.2) is 61.1 Å². The molecule has 6 rings (SSSR count). The molecule has 4 aromatic heterocycles. The van der Waals surface area contributed by atoms with Crippen LogP contribution in [0, 0.1) is 24.4 Å². The maximum absolute atomic E-state index is 15.4. The number of rotatable bonds is 6. The third-order valence-electron chi connectivity index (χ3n) is 6.97. The Kier molecular flexibility index (Phi) is 7.10. The van der Waals surface area contributed by atoms with E-state index in [4.69, 9.17) is 9.47 Å². The molecule has 41 heavy (non-hydrogen) atoms. The van der Waals surface area contributed by atoms with Gasteiger partial charge in [0.15, 0.2) is 0 Å². The number of nitrogens with zero attached hydrogens (tertiary/aromatic N) is 5. The van der Waals surface area contributed by atoms with Crippen molar-refractivity contribution in [3.8, 4) is 28.4 Å². The summed E-state index contributed by atoms with van der Waals surface area (Å²) in [7, 11) is 1.44. The van der Waals surface area contributed by atoms with E-state index in [9.17, 15) is 4.39 Å². The second-order valence-electron chi connectivity index (χ2n) is 9.48. The van der Waals surface area contributed by atoms with E-state index in [1.165, 1.54) is 19.2 Å². The topological polar surface area (TPSA) is 85.3 Å². The molecule has 11 heteroatoms. The number of halogens is 3. The van der Waals surface area contributed by atoms with Crippen LogP contribution in [-0.2, 0) is 4.74 Å². The maximum atomic E-state index is 15.4. The minimum absolute atomic E-state index is 0.0899. The van der Waals surface area contributed by atoms with Gasteiger partial charge in [-0.25, -0.2) is 28.1 Å². The van der Waals surface area contributed by atoms with E-state index in [2.05, 4.69) is 30.2 Å². The highest BCUT2D eigenvalue weighted by Crippen LogP contribution is 2.40. The Hall–Kier alpha value is -4.77. The number of pyridine rings is 4. The first-order valence-corrected chi connectivity index (χ1v) is 12.9. The molecule has 1 aliphatic heterocycles. The number of aromatic nitrogens is 4. The van der Waals surface area contributed by atoms with Crippen LogP contribution >= 0.6 is 0 Å². The summed E-state index contributed by atoms with van der Waals surface area (Å²) in [6.07, 6.45) is 4.25. The van der Waals surface area contributed by atoms with E-state index in [0.717, 1.165) is 12.3 Å². The van der Waals surface area contributed by atoms with Crippen molar-refractivity contribution in [1.82, 2.24) is 19.9 Å². The third-order valence-corrected chi connectivity index (χ3v) is 6.97. The van der Waals surface area contributed by atoms with Crippen molar-refractivity contribution in [1.29, 1.82) is 0 Å². The number of methoxy groups -OCH3 is 1. The molecule has 0 unspecified atom stereocenters. The average molecular weight is 559 g/mol. The van der Waals surface area contributed by atoms with Crippen molar-refractivity contribution >= 4 is 28.1 Å². The van der Waals surface area contributed by atoms with Gasteiger partial charge in [-0.3, -0.25) is 4.98 Å². The second-order valence-corrected chi connectivity index (χ2v) is 9.48. The standard InChI is InChI=1S/C30H25F3N6O2/c1-17-29(23-5-3-4-6-34-23)38-25-12-18(31)11-21(32)28(25)30(17)37-24-14-26(39-7-9-41-10-8-39)35-15-20(24)19-13-27(40-2)36-16-22(19)33/h3-6,11-16H,7-10H2,1-2H3,(H,35,37,38). The highest BCUT2D eigenvalue weighted by atomic mass is 19.1. The Morgan fingerprint density at radius 1 is 0.927 bits per heavy atom. The molecule has 1 aromatic carbocycles. The first-order valence-electron chi connectivity index (χ1n) is 12.9. The Bertz CT molecular complexity index is 1750. The summed E-state index contributed by atoms with van der Waals surface area (Å²) in [6.45, 7) is 4.11. The van der Waals surface area contributed by atoms with Crippen LogP contribution in [0.5, 0.6) is 5.88 Å². The number of hydrogen-bond acceptors (Lipinski definition) is 8. The summed E-state index contributed by atoms with van der Waals surface area (Å²) < 4.78 is 55.7. The SMILES string of the molecule is COc1cc(-c2cnc(N3CCOCC3)cc2Nc2c(C)c(-c3ccccn3)nc3cc(F)cc(F)c23)c(F)cn1. The lowest BCUT2D eigenvalue weighted by Gasteiger charge is -2.28. The summed E-state index contributed by atoms with van der Waals surface area (Å²) in [4.78, 5) is 19.6. The number of fused-ring (bicyclic) bond motifs is 1. The van der Waals surface area contributed by atoms with Crippen molar-refractivity contribution in [3.05, 3.63) is 84.1 Å². The first-order chi connectivity index (χ1) is 19.9. The lowest BCUT2D eigenvalue weighted by molar-refractivity contribution is 0.122. The van der Waals surface area contributed by atoms with Crippen molar-refractivity contribution < 1.29 is 22.6 Å². The second kappa shape index (κ2) is 11.0. The van der Waals surface area contributed by atoms with Crippen molar-refractivity contribution in [2.45, 2.75) is 6.92 Å². The van der Waals surface area contributed by atoms with Gasteiger partial charge in [0, 0.05) is 66.4 Å². The average Bonchev–Trinajstić information content (AvgIpc) is 2.99. The highest BCUT2D eigenvalue weighted by molar-refractivity contribution is 5.99. The van der Waals surface area contributed by atoms with Gasteiger partial charge >= 0.3 is 0 Å². The Morgan fingerprint density at radius 2 is 1.76 bits per heavy atom. The van der Waals surface area contributed by atoms with E-state index >= 15 is 8.78 Å². The third kappa shape index (κ3) is 5.11. The van der Waals surface area contributed by atoms with Crippen LogP contribution in [0.3, 0.4) is 0 Å². The molecule has 1 saturated heterocycles. The predicted octanol–water partition coefficient (Wildman–Crippen LogP) is 6.07. The summed E-state index contributed by atoms with van der Waals surface area (Å²) in [5.74, 6) is -1.28. The summed E-state index contributed by atoms with van der Waals surface area (Å²) in [6, 6.07) is 10.6. The molecule has 1 fully saturated rings. The van der Waals surface area contributed by atoms with Crippen LogP contribution in [0.25, 0.3) is 33.4 Å². The van der Waals surface area contributed by atoms with Gasteiger partial charge in [-0.15, -0.1) is 0 Å². The van der Waals surface area contributed by atoms with Gasteiger partial charge in [0.2, 0.25) is 5.88 Å². The molecule has 0 atom stereocenters. The molecule has 8 nitrogen and oxygen atoms in total. The molecule has 5 heterocycles. The molecule has 0 saturated carbocycles. The normalized spacial score (nSPS) is 13.4. The summed E-state index contributed by atoms with van der Waals surface area (Å²) in [5, 5.41) is 3.43. The van der Waals surface area contributed by atoms with Gasteiger partial charge in [0.1, 0.15) is 23.3 Å². The fourth-order valence-electron chi connectivity index (χ4n) is 4.91. The molecule has 208 valence electrons. The zero-order chi connectivity index (χ0) is 28.5. The Balaban J connectivity index is 1.59. The minimum Gasteiger partial charge on any atom is -0.481 e. The maximum Gasteiger partial charge on any atom is 0.213 e. The number of benzene rings is 1. The number of anilines is 3. The van der Waals surface area contributed by atoms with E-state index < -0.39 is 17.5 Å². The van der Waals surface area contributed by atoms with E-state index in [1.807, 2.05) is 6.07 Å². The van der Waals surface area contributed by atoms with Crippen LogP contribution in [-0.4, -0.2) is 53.3 Å². The number of ether oxygens (including phenoxy) is 2. The van der Waals surface area contributed by atoms with Crippen molar-refractivity contribution in [2.24, 2.45) is 0 Å². The number of nitrogens with one attached hydrogen (secondary N) is 1. The van der Waals surface area contributed by atoms with Gasteiger partial charge in [0.05, 0.1) is 60.2 Å². The largest absolute Gasteiger partial charge is 0.481 e. The van der Waals surface area contributed by atoms with Crippen molar-refractivity contribution in [3.63, 3.8) is 0 Å². The molecule has 0 aliphatic carbocycles. The smallest absolute Gasteiger partial charge is 0.213 e. The van der Waals surface area contributed by atoms with Crippen LogP contribution in [0.1, 0.15) is 5.56 Å². The van der Waals surface area contributed by atoms with E-state index in [0.29, 0.717) is 66.0 Å². The predicted molar refractivity (Wildman–Crippen MR) is 150 cm³/mol. The quantitative estimate of drug-likeness (QED) is 0.269. The molecule has 0 radical (unpaired) electrons. The van der Waals surface area contributed by atoms with Gasteiger partial charge in [-0.05, 0) is 19.1 Å². The molecule has 0 spiro atoms. The van der Waals surface area contributed by atoms with E-state index in [1.54, 1.807) is 37.5 Å². The van der Waals surface area contributed by atoms with Crippen molar-refractivity contribution in [2.75, 3.05) is 43.6 Å². The Labute approximate surface area is 233 Å². The van der Waals surface area contributed by atoms with Crippen LogP contribution in [0.2, 0.25) is 0 Å². The molecule has 1 aliphatic rings. The van der Waals surface area contributed by atoms with E-state index in [-0.39, 0.29) is 22.3 Å². The summed E-state index contributed by atoms with van der Waals surface area (Å²) >= 11 is 0. The molecule has 0 amide bonds. The van der Waals surface area contributed by atoms with Gasteiger partial charge < -0.3 is 19.7 Å². The van der Waals surface area contributed by atoms with Gasteiger partial charge in [-0.2, -0.15) is 0 Å². The molecule has 1 N–H and O–H groups in total. The zero-order valence-electron chi connectivity index (χ0n) is 22.3. The minimum atomic E-state index is -0.786. The van der Waals surface area contributed by atoms with Gasteiger partial charge in [-0.1, -0.05) is 6.07 Å².